The van der Waals surface area contributed by atoms with Crippen molar-refractivity contribution in [3.63, 3.8) is 0 Å². The zero-order chi connectivity index (χ0) is 18.5. The van der Waals surface area contributed by atoms with E-state index in [1.165, 1.54) is 0 Å². The number of amides is 2. The van der Waals surface area contributed by atoms with Crippen molar-refractivity contribution in [2.45, 2.75) is 37.0 Å². The molecule has 1 aromatic rings. The molecule has 0 aromatic heterocycles. The molecule has 1 aliphatic heterocycles. The van der Waals surface area contributed by atoms with Gasteiger partial charge in [0.15, 0.2) is 0 Å². The summed E-state index contributed by atoms with van der Waals surface area (Å²) in [4.78, 5) is 16.7. The Balaban J connectivity index is 1.86. The van der Waals surface area contributed by atoms with Crippen LogP contribution in [0.1, 0.15) is 37.2 Å². The minimum Gasteiger partial charge on any atom is -0.379 e. The van der Waals surface area contributed by atoms with Gasteiger partial charge in [-0.3, -0.25) is 4.90 Å². The van der Waals surface area contributed by atoms with Gasteiger partial charge in [-0.2, -0.15) is 0 Å². The van der Waals surface area contributed by atoms with Crippen LogP contribution in [-0.4, -0.2) is 48.9 Å². The Kier molecular flexibility index (Phi) is 6.59. The first-order chi connectivity index (χ1) is 12.7. The molecule has 1 aromatic carbocycles. The fourth-order valence-corrected chi connectivity index (χ4v) is 4.10. The quantitative estimate of drug-likeness (QED) is 0.677. The van der Waals surface area contributed by atoms with Gasteiger partial charge >= 0.3 is 6.03 Å². The summed E-state index contributed by atoms with van der Waals surface area (Å²) in [5.41, 5.74) is 1.39. The molecular weight excluding hydrogens is 351 g/mol. The van der Waals surface area contributed by atoms with Gasteiger partial charge < -0.3 is 9.64 Å². The molecular formula is C20H27FN2O2S. The summed E-state index contributed by atoms with van der Waals surface area (Å²) in [6, 6.07) is 5.15. The number of thioether (sulfide) groups is 1. The molecule has 1 heterocycles. The third kappa shape index (κ3) is 4.41. The second-order valence-corrected chi connectivity index (χ2v) is 7.80. The van der Waals surface area contributed by atoms with E-state index in [-0.39, 0.29) is 17.2 Å². The van der Waals surface area contributed by atoms with Gasteiger partial charge in [-0.1, -0.05) is 12.1 Å². The molecule has 1 aliphatic carbocycles. The topological polar surface area (TPSA) is 32.8 Å². The van der Waals surface area contributed by atoms with E-state index >= 15 is 0 Å². The molecule has 1 saturated heterocycles. The van der Waals surface area contributed by atoms with E-state index in [0.717, 1.165) is 24.8 Å². The Bertz CT molecular complexity index is 651. The largest absolute Gasteiger partial charge is 0.379 e. The summed E-state index contributed by atoms with van der Waals surface area (Å²) in [7, 11) is 0. The Hall–Kier alpha value is -1.53. The number of anilines is 1. The van der Waals surface area contributed by atoms with Crippen LogP contribution in [0.4, 0.5) is 14.9 Å². The van der Waals surface area contributed by atoms with Crippen molar-refractivity contribution in [1.82, 2.24) is 4.90 Å². The van der Waals surface area contributed by atoms with Crippen molar-refractivity contribution in [1.29, 1.82) is 0 Å². The summed E-state index contributed by atoms with van der Waals surface area (Å²) in [5, 5.41) is 0.0463. The first kappa shape index (κ1) is 19.2. The second kappa shape index (κ2) is 8.91. The van der Waals surface area contributed by atoms with E-state index in [9.17, 15) is 9.18 Å². The minimum atomic E-state index is -0.321. The first-order valence-electron chi connectivity index (χ1n) is 9.24. The molecule has 3 rings (SSSR count). The van der Waals surface area contributed by atoms with E-state index in [4.69, 9.17) is 4.74 Å². The summed E-state index contributed by atoms with van der Waals surface area (Å²) >= 11 is 1.64. The Morgan fingerprint density at radius 1 is 1.42 bits per heavy atom. The van der Waals surface area contributed by atoms with Gasteiger partial charge in [0, 0.05) is 26.1 Å². The molecule has 1 unspecified atom stereocenters. The van der Waals surface area contributed by atoms with Crippen LogP contribution < -0.4 is 4.90 Å². The Morgan fingerprint density at radius 3 is 2.88 bits per heavy atom. The molecule has 2 aliphatic rings. The molecule has 0 bridgehead atoms. The summed E-state index contributed by atoms with van der Waals surface area (Å²) in [6.07, 6.45) is 7.40. The first-order valence-corrected chi connectivity index (χ1v) is 10.5. The molecule has 1 atom stereocenters. The van der Waals surface area contributed by atoms with Gasteiger partial charge in [-0.05, 0) is 49.1 Å². The average molecular weight is 379 g/mol. The third-order valence-electron chi connectivity index (χ3n) is 4.95. The van der Waals surface area contributed by atoms with Crippen molar-refractivity contribution >= 4 is 23.5 Å². The van der Waals surface area contributed by atoms with Gasteiger partial charge in [0.1, 0.15) is 5.82 Å². The van der Waals surface area contributed by atoms with Gasteiger partial charge in [-0.15, -0.1) is 18.3 Å². The number of hydrogen-bond acceptors (Lipinski definition) is 3. The fourth-order valence-electron chi connectivity index (χ4n) is 3.32. The van der Waals surface area contributed by atoms with Crippen LogP contribution >= 0.6 is 11.8 Å². The number of ether oxygens (including phenoxy) is 1. The lowest BCUT2D eigenvalue weighted by molar-refractivity contribution is 0.143. The Labute approximate surface area is 159 Å². The third-order valence-corrected chi connectivity index (χ3v) is 5.98. The van der Waals surface area contributed by atoms with Crippen LogP contribution in [0.5, 0.6) is 0 Å². The van der Waals surface area contributed by atoms with E-state index in [1.807, 2.05) is 17.2 Å². The molecule has 0 radical (unpaired) electrons. The highest BCUT2D eigenvalue weighted by Crippen LogP contribution is 2.41. The van der Waals surface area contributed by atoms with Crippen molar-refractivity contribution < 1.29 is 13.9 Å². The van der Waals surface area contributed by atoms with Crippen LogP contribution in [0.3, 0.4) is 0 Å². The maximum atomic E-state index is 14.8. The van der Waals surface area contributed by atoms with Crippen molar-refractivity contribution in [3.8, 4) is 0 Å². The van der Waals surface area contributed by atoms with Crippen LogP contribution in [-0.2, 0) is 4.74 Å². The monoisotopic (exact) mass is 378 g/mol. The zero-order valence-corrected chi connectivity index (χ0v) is 16.1. The van der Waals surface area contributed by atoms with E-state index < -0.39 is 0 Å². The minimum absolute atomic E-state index is 0.0463. The fraction of sp³-hybridized carbons (Fsp3) is 0.550. The van der Waals surface area contributed by atoms with Gasteiger partial charge in [0.25, 0.3) is 0 Å². The van der Waals surface area contributed by atoms with Crippen molar-refractivity contribution in [2.24, 2.45) is 0 Å². The van der Waals surface area contributed by atoms with Gasteiger partial charge in [-0.25, -0.2) is 9.18 Å². The molecule has 0 spiro atoms. The highest BCUT2D eigenvalue weighted by molar-refractivity contribution is 7.99. The van der Waals surface area contributed by atoms with E-state index in [2.05, 4.69) is 6.58 Å². The maximum absolute atomic E-state index is 14.8. The lowest BCUT2D eigenvalue weighted by atomic mass is 10.1. The zero-order valence-electron chi connectivity index (χ0n) is 15.3. The highest BCUT2D eigenvalue weighted by Gasteiger charge is 2.31. The molecule has 1 saturated carbocycles. The number of nitrogens with zero attached hydrogens (tertiary/aromatic N) is 2. The molecule has 4 nitrogen and oxygen atoms in total. The molecule has 0 N–H and O–H groups in total. The number of urea groups is 1. The summed E-state index contributed by atoms with van der Waals surface area (Å²) < 4.78 is 20.4. The lowest BCUT2D eigenvalue weighted by Crippen LogP contribution is -2.48. The number of carbonyl (C=O) groups excluding carboxylic acids is 1. The van der Waals surface area contributed by atoms with Crippen molar-refractivity contribution in [3.05, 3.63) is 42.2 Å². The Morgan fingerprint density at radius 2 is 2.23 bits per heavy atom. The molecule has 2 amide bonds. The smallest absolute Gasteiger partial charge is 0.325 e. The van der Waals surface area contributed by atoms with Gasteiger partial charge in [0.05, 0.1) is 17.7 Å². The van der Waals surface area contributed by atoms with Crippen LogP contribution in [0.25, 0.3) is 0 Å². The SMILES string of the molecule is C=CCCN(C(=O)N1CCOCCC1SC)c1ccc(C2CC2)cc1F. The highest BCUT2D eigenvalue weighted by atomic mass is 32.2. The normalized spacial score (nSPS) is 20.5. The number of rotatable bonds is 6. The van der Waals surface area contributed by atoms with E-state index in [1.54, 1.807) is 34.9 Å². The van der Waals surface area contributed by atoms with E-state index in [0.29, 0.717) is 44.3 Å². The average Bonchev–Trinajstić information content (AvgIpc) is 3.49. The summed E-state index contributed by atoms with van der Waals surface area (Å²) in [6.45, 7) is 5.84. The number of carbonyl (C=O) groups is 1. The molecule has 26 heavy (non-hydrogen) atoms. The predicted molar refractivity (Wildman–Crippen MR) is 105 cm³/mol. The van der Waals surface area contributed by atoms with Crippen LogP contribution in [0.2, 0.25) is 0 Å². The standard InChI is InChI=1S/C20H27FN2O2S/c1-3-4-10-22(18-8-7-16(14-17(18)21)15-5-6-15)20(24)23-11-13-25-12-9-19(23)26-2/h3,7-8,14-15,19H,1,4-6,9-13H2,2H3. The second-order valence-electron chi connectivity index (χ2n) is 6.78. The molecule has 142 valence electrons. The number of hydrogen-bond donors (Lipinski definition) is 0. The molecule has 6 heteroatoms. The lowest BCUT2D eigenvalue weighted by Gasteiger charge is -2.34. The van der Waals surface area contributed by atoms with Crippen LogP contribution in [0, 0.1) is 5.82 Å². The number of benzene rings is 1. The maximum Gasteiger partial charge on any atom is 0.325 e. The predicted octanol–water partition coefficient (Wildman–Crippen LogP) is 4.62. The number of halogens is 1. The van der Waals surface area contributed by atoms with Crippen molar-refractivity contribution in [2.75, 3.05) is 37.5 Å². The van der Waals surface area contributed by atoms with Gasteiger partial charge in [0.2, 0.25) is 0 Å². The molecule has 2 fully saturated rings. The van der Waals surface area contributed by atoms with Crippen LogP contribution in [0.15, 0.2) is 30.9 Å². The summed E-state index contributed by atoms with van der Waals surface area (Å²) in [5.74, 6) is 0.165.